The number of nitrogens with zero attached hydrogens (tertiary/aromatic N) is 2. The molecule has 0 aromatic heterocycles. The van der Waals surface area contributed by atoms with Crippen LogP contribution in [-0.4, -0.2) is 42.5 Å². The molecule has 0 saturated carbocycles. The van der Waals surface area contributed by atoms with Gasteiger partial charge in [-0.25, -0.2) is 4.39 Å². The summed E-state index contributed by atoms with van der Waals surface area (Å²) in [6.45, 7) is 6.85. The largest absolute Gasteiger partial charge is 0.398 e. The molecule has 2 heterocycles. The van der Waals surface area contributed by atoms with Crippen molar-refractivity contribution >= 4 is 5.69 Å². The van der Waals surface area contributed by atoms with E-state index in [9.17, 15) is 4.39 Å². The quantitative estimate of drug-likeness (QED) is 0.866. The highest BCUT2D eigenvalue weighted by molar-refractivity contribution is 5.46. The Labute approximate surface area is 126 Å². The Morgan fingerprint density at radius 1 is 1.05 bits per heavy atom. The fourth-order valence-corrected chi connectivity index (χ4v) is 3.61. The van der Waals surface area contributed by atoms with Crippen molar-refractivity contribution < 1.29 is 4.39 Å². The summed E-state index contributed by atoms with van der Waals surface area (Å²) in [5.41, 5.74) is 7.57. The first-order valence-corrected chi connectivity index (χ1v) is 8.19. The summed E-state index contributed by atoms with van der Waals surface area (Å²) >= 11 is 0. The summed E-state index contributed by atoms with van der Waals surface area (Å²) < 4.78 is 13.3. The molecule has 1 aromatic carbocycles. The minimum Gasteiger partial charge on any atom is -0.398 e. The number of hydrogen-bond donors (Lipinski definition) is 1. The Kier molecular flexibility index (Phi) is 4.76. The Morgan fingerprint density at radius 2 is 1.76 bits per heavy atom. The maximum Gasteiger partial charge on any atom is 0.123 e. The summed E-state index contributed by atoms with van der Waals surface area (Å²) in [6.07, 6.45) is 5.26. The molecular weight excluding hydrogens is 265 g/mol. The van der Waals surface area contributed by atoms with Crippen molar-refractivity contribution in [3.8, 4) is 0 Å². The maximum atomic E-state index is 13.3. The molecule has 21 heavy (non-hydrogen) atoms. The second-order valence-corrected chi connectivity index (χ2v) is 6.57. The lowest BCUT2D eigenvalue weighted by Crippen LogP contribution is -2.37. The average Bonchev–Trinajstić information content (AvgIpc) is 2.98. The lowest BCUT2D eigenvalue weighted by atomic mass is 9.96. The third-order valence-electron chi connectivity index (χ3n) is 4.92. The number of piperidine rings is 1. The molecule has 4 heteroatoms. The lowest BCUT2D eigenvalue weighted by molar-refractivity contribution is 0.149. The molecule has 3 rings (SSSR count). The van der Waals surface area contributed by atoms with Crippen LogP contribution >= 0.6 is 0 Å². The molecule has 2 fully saturated rings. The highest BCUT2D eigenvalue weighted by Crippen LogP contribution is 2.23. The summed E-state index contributed by atoms with van der Waals surface area (Å²) in [7, 11) is 0. The molecule has 2 N–H and O–H groups in total. The number of rotatable bonds is 4. The van der Waals surface area contributed by atoms with E-state index < -0.39 is 0 Å². The van der Waals surface area contributed by atoms with Gasteiger partial charge in [-0.15, -0.1) is 0 Å². The topological polar surface area (TPSA) is 32.5 Å². The second kappa shape index (κ2) is 6.75. The van der Waals surface area contributed by atoms with E-state index in [-0.39, 0.29) is 5.82 Å². The van der Waals surface area contributed by atoms with Crippen molar-refractivity contribution in [3.63, 3.8) is 0 Å². The first kappa shape index (κ1) is 14.8. The molecule has 3 nitrogen and oxygen atoms in total. The number of hydrogen-bond acceptors (Lipinski definition) is 3. The SMILES string of the molecule is Nc1ccc(F)cc1CN1CCC(CN2CCCC2)CC1. The van der Waals surface area contributed by atoms with Crippen LogP contribution in [0.3, 0.4) is 0 Å². The predicted molar refractivity (Wildman–Crippen MR) is 84.5 cm³/mol. The van der Waals surface area contributed by atoms with Crippen LogP contribution in [0.5, 0.6) is 0 Å². The monoisotopic (exact) mass is 291 g/mol. The molecule has 0 spiro atoms. The third kappa shape index (κ3) is 3.95. The summed E-state index contributed by atoms with van der Waals surface area (Å²) in [5, 5.41) is 0. The van der Waals surface area contributed by atoms with Crippen LogP contribution in [0.25, 0.3) is 0 Å². The van der Waals surface area contributed by atoms with Gasteiger partial charge in [-0.05, 0) is 81.5 Å². The highest BCUT2D eigenvalue weighted by atomic mass is 19.1. The number of anilines is 1. The summed E-state index contributed by atoms with van der Waals surface area (Å²) in [4.78, 5) is 5.02. The number of nitrogens with two attached hydrogens (primary N) is 1. The zero-order valence-electron chi connectivity index (χ0n) is 12.7. The van der Waals surface area contributed by atoms with Crippen molar-refractivity contribution in [1.29, 1.82) is 0 Å². The Bertz CT molecular complexity index is 463. The normalized spacial score (nSPS) is 22.0. The fourth-order valence-electron chi connectivity index (χ4n) is 3.61. The van der Waals surface area contributed by atoms with Crippen LogP contribution in [0, 0.1) is 11.7 Å². The summed E-state index contributed by atoms with van der Waals surface area (Å²) in [6, 6.07) is 4.68. The molecule has 2 saturated heterocycles. The van der Waals surface area contributed by atoms with Gasteiger partial charge in [-0.3, -0.25) is 4.90 Å². The van der Waals surface area contributed by atoms with Crippen LogP contribution < -0.4 is 5.73 Å². The zero-order chi connectivity index (χ0) is 14.7. The van der Waals surface area contributed by atoms with E-state index in [0.717, 1.165) is 31.1 Å². The molecule has 2 aliphatic rings. The molecule has 0 unspecified atom stereocenters. The first-order chi connectivity index (χ1) is 10.2. The van der Waals surface area contributed by atoms with E-state index in [2.05, 4.69) is 9.80 Å². The molecule has 0 radical (unpaired) electrons. The zero-order valence-corrected chi connectivity index (χ0v) is 12.7. The van der Waals surface area contributed by atoms with Crippen LogP contribution in [0.2, 0.25) is 0 Å². The summed E-state index contributed by atoms with van der Waals surface area (Å²) in [5.74, 6) is 0.646. The van der Waals surface area contributed by atoms with Gasteiger partial charge in [0.15, 0.2) is 0 Å². The lowest BCUT2D eigenvalue weighted by Gasteiger charge is -2.34. The van der Waals surface area contributed by atoms with Crippen LogP contribution in [-0.2, 0) is 6.54 Å². The standard InChI is InChI=1S/C17H26FN3/c18-16-3-4-17(19)15(11-16)13-21-9-5-14(6-10-21)12-20-7-1-2-8-20/h3-4,11,14H,1-2,5-10,12-13,19H2. The number of nitrogen functional groups attached to an aromatic ring is 1. The van der Waals surface area contributed by atoms with Crippen molar-refractivity contribution in [2.45, 2.75) is 32.2 Å². The van der Waals surface area contributed by atoms with Crippen molar-refractivity contribution in [2.24, 2.45) is 5.92 Å². The minimum atomic E-state index is -0.192. The van der Waals surface area contributed by atoms with E-state index in [4.69, 9.17) is 5.73 Å². The van der Waals surface area contributed by atoms with Gasteiger partial charge in [-0.1, -0.05) is 0 Å². The van der Waals surface area contributed by atoms with E-state index >= 15 is 0 Å². The fraction of sp³-hybridized carbons (Fsp3) is 0.647. The Balaban J connectivity index is 1.48. The molecule has 2 aliphatic heterocycles. The van der Waals surface area contributed by atoms with Crippen molar-refractivity contribution in [1.82, 2.24) is 9.80 Å². The van der Waals surface area contributed by atoms with Gasteiger partial charge in [-0.2, -0.15) is 0 Å². The van der Waals surface area contributed by atoms with Gasteiger partial charge in [0.2, 0.25) is 0 Å². The number of likely N-dealkylation sites (tertiary alicyclic amines) is 2. The Hall–Kier alpha value is -1.13. The number of benzene rings is 1. The van der Waals surface area contributed by atoms with Crippen molar-refractivity contribution in [3.05, 3.63) is 29.6 Å². The van der Waals surface area contributed by atoms with E-state index in [1.165, 1.54) is 51.4 Å². The molecule has 0 bridgehead atoms. The molecule has 0 atom stereocenters. The first-order valence-electron chi connectivity index (χ1n) is 8.19. The molecule has 116 valence electrons. The predicted octanol–water partition coefficient (Wildman–Crippen LogP) is 2.72. The third-order valence-corrected chi connectivity index (χ3v) is 4.92. The Morgan fingerprint density at radius 3 is 2.48 bits per heavy atom. The maximum absolute atomic E-state index is 13.3. The van der Waals surface area contributed by atoms with Gasteiger partial charge in [0.25, 0.3) is 0 Å². The smallest absolute Gasteiger partial charge is 0.123 e. The number of halogens is 1. The van der Waals surface area contributed by atoms with Crippen LogP contribution in [0.15, 0.2) is 18.2 Å². The molecular formula is C17H26FN3. The van der Waals surface area contributed by atoms with E-state index in [1.807, 2.05) is 0 Å². The molecule has 1 aromatic rings. The minimum absolute atomic E-state index is 0.192. The van der Waals surface area contributed by atoms with Crippen LogP contribution in [0.4, 0.5) is 10.1 Å². The van der Waals surface area contributed by atoms with Crippen molar-refractivity contribution in [2.75, 3.05) is 38.5 Å². The molecule has 0 amide bonds. The van der Waals surface area contributed by atoms with E-state index in [1.54, 1.807) is 12.1 Å². The van der Waals surface area contributed by atoms with Gasteiger partial charge in [0, 0.05) is 18.8 Å². The van der Waals surface area contributed by atoms with Gasteiger partial charge < -0.3 is 10.6 Å². The van der Waals surface area contributed by atoms with Gasteiger partial charge in [0.05, 0.1) is 0 Å². The van der Waals surface area contributed by atoms with Crippen LogP contribution in [0.1, 0.15) is 31.2 Å². The molecule has 0 aliphatic carbocycles. The van der Waals surface area contributed by atoms with Gasteiger partial charge in [0.1, 0.15) is 5.82 Å². The second-order valence-electron chi connectivity index (χ2n) is 6.57. The van der Waals surface area contributed by atoms with E-state index in [0.29, 0.717) is 5.69 Å². The van der Waals surface area contributed by atoms with Gasteiger partial charge >= 0.3 is 0 Å². The highest BCUT2D eigenvalue weighted by Gasteiger charge is 2.23. The average molecular weight is 291 g/mol.